The zero-order valence-electron chi connectivity index (χ0n) is 9.53. The van der Waals surface area contributed by atoms with E-state index in [1.807, 2.05) is 6.07 Å². The largest absolute Gasteiger partial charge is 0.478 e. The number of aliphatic carboxylic acids is 2. The molecule has 1 aromatic rings. The Bertz CT molecular complexity index is 459. The molecule has 0 saturated carbocycles. The molecule has 1 rings (SSSR count). The number of aromatic carboxylic acids is 1. The lowest BCUT2D eigenvalue weighted by Gasteiger charge is -1.96. The number of carbonyl (C=O) groups is 3. The van der Waals surface area contributed by atoms with Crippen molar-refractivity contribution in [1.82, 2.24) is 0 Å². The molecule has 0 fully saturated rings. The minimum atomic E-state index is -1.26. The van der Waals surface area contributed by atoms with Gasteiger partial charge in [0.05, 0.1) is 5.56 Å². The number of carboxylic acid groups (broad SMARTS) is 3. The quantitative estimate of drug-likeness (QED) is 0.701. The highest BCUT2D eigenvalue weighted by Crippen LogP contribution is 2.05. The van der Waals surface area contributed by atoms with Gasteiger partial charge < -0.3 is 15.3 Å². The topological polar surface area (TPSA) is 112 Å². The van der Waals surface area contributed by atoms with Crippen LogP contribution in [-0.2, 0) is 9.59 Å². The Hall–Kier alpha value is -2.63. The van der Waals surface area contributed by atoms with Crippen LogP contribution in [0.3, 0.4) is 0 Å². The first-order valence-electron chi connectivity index (χ1n) is 4.77. The molecule has 0 unspecified atom stereocenters. The normalized spacial score (nSPS) is 9.39. The average molecular weight is 252 g/mol. The molecule has 6 nitrogen and oxygen atoms in total. The van der Waals surface area contributed by atoms with Crippen molar-refractivity contribution in [3.8, 4) is 0 Å². The monoisotopic (exact) mass is 252 g/mol. The number of aryl methyl sites for hydroxylation is 1. The Morgan fingerprint density at radius 3 is 1.67 bits per heavy atom. The van der Waals surface area contributed by atoms with E-state index in [1.165, 1.54) is 0 Å². The molecular formula is C12H12O6. The summed E-state index contributed by atoms with van der Waals surface area (Å²) in [5.41, 5.74) is 1.18. The summed E-state index contributed by atoms with van der Waals surface area (Å²) >= 11 is 0. The minimum Gasteiger partial charge on any atom is -0.478 e. The number of hydrogen-bond acceptors (Lipinski definition) is 3. The lowest BCUT2D eigenvalue weighted by molar-refractivity contribution is -0.134. The van der Waals surface area contributed by atoms with Crippen molar-refractivity contribution in [2.45, 2.75) is 6.92 Å². The lowest BCUT2D eigenvalue weighted by Crippen LogP contribution is -1.97. The second kappa shape index (κ2) is 7.61. The summed E-state index contributed by atoms with van der Waals surface area (Å²) < 4.78 is 0. The highest BCUT2D eigenvalue weighted by molar-refractivity contribution is 5.89. The molecule has 6 heteroatoms. The third kappa shape index (κ3) is 6.78. The molecular weight excluding hydrogens is 240 g/mol. The molecule has 3 N–H and O–H groups in total. The fourth-order valence-electron chi connectivity index (χ4n) is 0.955. The van der Waals surface area contributed by atoms with Gasteiger partial charge in [0.1, 0.15) is 0 Å². The van der Waals surface area contributed by atoms with Crippen molar-refractivity contribution >= 4 is 17.9 Å². The van der Waals surface area contributed by atoms with Crippen molar-refractivity contribution in [1.29, 1.82) is 0 Å². The fourth-order valence-corrected chi connectivity index (χ4v) is 0.955. The standard InChI is InChI=1S/C8H8O2.C4H4O4/c1-6-4-2-3-5-7(6)8(9)10;5-3(6)1-2-4(7)8/h2-5H,1H3,(H,9,10);1-2H,(H,5,6)(H,7,8)/b;2-1+. The van der Waals surface area contributed by atoms with Gasteiger partial charge in [-0.1, -0.05) is 18.2 Å². The third-order valence-corrected chi connectivity index (χ3v) is 1.74. The van der Waals surface area contributed by atoms with E-state index in [1.54, 1.807) is 25.1 Å². The van der Waals surface area contributed by atoms with Gasteiger partial charge in [0.15, 0.2) is 0 Å². The molecule has 0 radical (unpaired) electrons. The molecule has 0 bridgehead atoms. The summed E-state index contributed by atoms with van der Waals surface area (Å²) in [7, 11) is 0. The van der Waals surface area contributed by atoms with Gasteiger partial charge in [-0.3, -0.25) is 0 Å². The maximum Gasteiger partial charge on any atom is 0.335 e. The number of hydrogen-bond donors (Lipinski definition) is 3. The molecule has 0 aliphatic heterocycles. The SMILES string of the molecule is Cc1ccccc1C(=O)O.O=C(O)/C=C/C(=O)O. The van der Waals surface area contributed by atoms with Crippen LogP contribution in [0.1, 0.15) is 15.9 Å². The van der Waals surface area contributed by atoms with Crippen LogP contribution in [0, 0.1) is 6.92 Å². The van der Waals surface area contributed by atoms with Crippen LogP contribution in [0.4, 0.5) is 0 Å². The number of carboxylic acids is 3. The van der Waals surface area contributed by atoms with Crippen molar-refractivity contribution in [2.24, 2.45) is 0 Å². The molecule has 0 heterocycles. The summed E-state index contributed by atoms with van der Waals surface area (Å²) in [6, 6.07) is 6.92. The van der Waals surface area contributed by atoms with Crippen molar-refractivity contribution in [2.75, 3.05) is 0 Å². The lowest BCUT2D eigenvalue weighted by atomic mass is 10.1. The van der Waals surface area contributed by atoms with E-state index in [0.29, 0.717) is 17.7 Å². The minimum absolute atomic E-state index is 0.377. The van der Waals surface area contributed by atoms with Gasteiger partial charge in [-0.2, -0.15) is 0 Å². The van der Waals surface area contributed by atoms with Crippen LogP contribution in [0.5, 0.6) is 0 Å². The first kappa shape index (κ1) is 15.4. The summed E-state index contributed by atoms with van der Waals surface area (Å²) in [6.45, 7) is 1.78. The van der Waals surface area contributed by atoms with Crippen LogP contribution >= 0.6 is 0 Å². The van der Waals surface area contributed by atoms with Crippen LogP contribution in [0.25, 0.3) is 0 Å². The van der Waals surface area contributed by atoms with Gasteiger partial charge in [-0.25, -0.2) is 14.4 Å². The summed E-state index contributed by atoms with van der Waals surface area (Å²) in [5, 5.41) is 24.2. The van der Waals surface area contributed by atoms with E-state index in [4.69, 9.17) is 15.3 Å². The van der Waals surface area contributed by atoms with E-state index in [9.17, 15) is 14.4 Å². The maximum atomic E-state index is 10.4. The van der Waals surface area contributed by atoms with E-state index >= 15 is 0 Å². The first-order chi connectivity index (χ1) is 8.34. The van der Waals surface area contributed by atoms with E-state index in [2.05, 4.69) is 0 Å². The van der Waals surface area contributed by atoms with Crippen LogP contribution < -0.4 is 0 Å². The fraction of sp³-hybridized carbons (Fsp3) is 0.0833. The van der Waals surface area contributed by atoms with Crippen molar-refractivity contribution < 1.29 is 29.7 Å². The molecule has 1 aromatic carbocycles. The smallest absolute Gasteiger partial charge is 0.335 e. The molecule has 0 amide bonds. The second-order valence-electron chi connectivity index (χ2n) is 3.13. The molecule has 0 atom stereocenters. The molecule has 0 aromatic heterocycles. The zero-order valence-corrected chi connectivity index (χ0v) is 9.53. The van der Waals surface area contributed by atoms with Crippen LogP contribution in [0.15, 0.2) is 36.4 Å². The highest BCUT2D eigenvalue weighted by Gasteiger charge is 2.02. The van der Waals surface area contributed by atoms with Gasteiger partial charge in [0, 0.05) is 12.2 Å². The predicted molar refractivity (Wildman–Crippen MR) is 62.5 cm³/mol. The molecule has 0 saturated heterocycles. The Morgan fingerprint density at radius 1 is 0.944 bits per heavy atom. The number of rotatable bonds is 3. The number of benzene rings is 1. The van der Waals surface area contributed by atoms with Gasteiger partial charge in [0.25, 0.3) is 0 Å². The van der Waals surface area contributed by atoms with E-state index < -0.39 is 17.9 Å². The van der Waals surface area contributed by atoms with Crippen LogP contribution in [0.2, 0.25) is 0 Å². The maximum absolute atomic E-state index is 10.4. The van der Waals surface area contributed by atoms with Gasteiger partial charge in [-0.05, 0) is 18.6 Å². The average Bonchev–Trinajstić information content (AvgIpc) is 2.27. The summed E-state index contributed by atoms with van der Waals surface area (Å²) in [4.78, 5) is 29.5. The Balaban J connectivity index is 0.000000331. The first-order valence-corrected chi connectivity index (χ1v) is 4.77. The second-order valence-corrected chi connectivity index (χ2v) is 3.13. The molecule has 96 valence electrons. The summed E-state index contributed by atoms with van der Waals surface area (Å²) in [6.07, 6.45) is 1.12. The predicted octanol–water partition coefficient (Wildman–Crippen LogP) is 1.41. The van der Waals surface area contributed by atoms with Crippen molar-refractivity contribution in [3.63, 3.8) is 0 Å². The van der Waals surface area contributed by atoms with Gasteiger partial charge in [0.2, 0.25) is 0 Å². The molecule has 18 heavy (non-hydrogen) atoms. The molecule has 0 aliphatic carbocycles. The highest BCUT2D eigenvalue weighted by atomic mass is 16.4. The Morgan fingerprint density at radius 2 is 1.39 bits per heavy atom. The molecule has 0 spiro atoms. The van der Waals surface area contributed by atoms with Gasteiger partial charge in [-0.15, -0.1) is 0 Å². The summed E-state index contributed by atoms with van der Waals surface area (Å²) in [5.74, 6) is -3.38. The third-order valence-electron chi connectivity index (χ3n) is 1.74. The van der Waals surface area contributed by atoms with Crippen LogP contribution in [-0.4, -0.2) is 33.2 Å². The zero-order chi connectivity index (χ0) is 14.1. The van der Waals surface area contributed by atoms with Crippen molar-refractivity contribution in [3.05, 3.63) is 47.5 Å². The Kier molecular flexibility index (Phi) is 6.50. The van der Waals surface area contributed by atoms with Gasteiger partial charge >= 0.3 is 17.9 Å². The van der Waals surface area contributed by atoms with E-state index in [-0.39, 0.29) is 0 Å². The molecule has 0 aliphatic rings. The van der Waals surface area contributed by atoms with E-state index in [0.717, 1.165) is 5.56 Å². The Labute approximate surface area is 103 Å².